The molecule has 0 amide bonds. The lowest BCUT2D eigenvalue weighted by molar-refractivity contribution is -0.158. The van der Waals surface area contributed by atoms with Crippen molar-refractivity contribution in [3.05, 3.63) is 62.7 Å². The monoisotopic (exact) mass is 604 g/mol. The minimum atomic E-state index is -1.41. The summed E-state index contributed by atoms with van der Waals surface area (Å²) < 4.78 is 38.2. The third-order valence-corrected chi connectivity index (χ3v) is 7.00. The van der Waals surface area contributed by atoms with Crippen LogP contribution in [0.4, 0.5) is 4.39 Å². The van der Waals surface area contributed by atoms with Crippen molar-refractivity contribution in [2.75, 3.05) is 13.2 Å². The summed E-state index contributed by atoms with van der Waals surface area (Å²) in [6.07, 6.45) is 3.55. The zero-order chi connectivity index (χ0) is 31.4. The molecule has 0 N–H and O–H groups in total. The third kappa shape index (κ3) is 9.34. The molecule has 11 nitrogen and oxygen atoms in total. The predicted octanol–water partition coefficient (Wildman–Crippen LogP) is 4.53. The van der Waals surface area contributed by atoms with Gasteiger partial charge in [-0.3, -0.25) is 23.7 Å². The molecule has 1 aromatic heterocycles. The van der Waals surface area contributed by atoms with Gasteiger partial charge in [-0.05, 0) is 43.5 Å². The molecule has 1 saturated heterocycles. The molecule has 236 valence electrons. The fraction of sp³-hybridized carbons (Fsp3) is 0.581. The summed E-state index contributed by atoms with van der Waals surface area (Å²) in [7, 11) is 0. The minimum Gasteiger partial charge on any atom is -0.494 e. The maximum absolute atomic E-state index is 14.9. The molecule has 1 aromatic carbocycles. The summed E-state index contributed by atoms with van der Waals surface area (Å²) in [5.74, 6) is -2.80. The summed E-state index contributed by atoms with van der Waals surface area (Å²) in [4.78, 5) is 64.0. The smallest absolute Gasteiger partial charge is 0.340 e. The molecular weight excluding hydrogens is 563 g/mol. The number of hydrogen-bond acceptors (Lipinski definition) is 9. The number of carbonyl (C=O) groups excluding carboxylic acids is 3. The lowest BCUT2D eigenvalue weighted by atomic mass is 10.1. The van der Waals surface area contributed by atoms with Crippen molar-refractivity contribution in [3.8, 4) is 5.75 Å². The molecule has 12 heteroatoms. The van der Waals surface area contributed by atoms with Crippen molar-refractivity contribution in [3.63, 3.8) is 0 Å². The Labute approximate surface area is 249 Å². The standard InChI is InChI=1S/C31H41FN2O9/c1-4-7-9-11-27(35)41-20-25-24(43-28(36)12-10-8-5-2)18-26(42-25)33-19-23(32)30(38)34(31(33)39)29(37)21-13-15-22(16-14-21)40-17-6-3/h13-16,19,24-26H,4-12,17-18,20H2,1-3H3/t24-,25+,26+/m0/s1. The highest BCUT2D eigenvalue weighted by molar-refractivity contribution is 5.95. The Morgan fingerprint density at radius 2 is 1.58 bits per heavy atom. The first-order valence-corrected chi connectivity index (χ1v) is 15.0. The highest BCUT2D eigenvalue weighted by atomic mass is 19.1. The van der Waals surface area contributed by atoms with Gasteiger partial charge >= 0.3 is 17.6 Å². The zero-order valence-corrected chi connectivity index (χ0v) is 25.1. The van der Waals surface area contributed by atoms with E-state index in [1.54, 1.807) is 0 Å². The average molecular weight is 605 g/mol. The maximum Gasteiger partial charge on any atom is 0.340 e. The van der Waals surface area contributed by atoms with Gasteiger partial charge in [0, 0.05) is 24.8 Å². The van der Waals surface area contributed by atoms with Crippen LogP contribution in [-0.4, -0.2) is 52.4 Å². The second-order valence-electron chi connectivity index (χ2n) is 10.5. The molecule has 0 bridgehead atoms. The first-order chi connectivity index (χ1) is 20.7. The van der Waals surface area contributed by atoms with E-state index in [0.29, 0.717) is 31.4 Å². The Morgan fingerprint density at radius 1 is 0.930 bits per heavy atom. The lowest BCUT2D eigenvalue weighted by Gasteiger charge is -2.19. The van der Waals surface area contributed by atoms with Crippen molar-refractivity contribution in [1.29, 1.82) is 0 Å². The van der Waals surface area contributed by atoms with Crippen LogP contribution >= 0.6 is 0 Å². The lowest BCUT2D eigenvalue weighted by Crippen LogP contribution is -2.46. The third-order valence-electron chi connectivity index (χ3n) is 7.00. The van der Waals surface area contributed by atoms with E-state index in [-0.39, 0.29) is 36.0 Å². The van der Waals surface area contributed by atoms with E-state index in [1.165, 1.54) is 24.3 Å². The minimum absolute atomic E-state index is 0.0284. The second kappa shape index (κ2) is 16.7. The molecule has 3 atom stereocenters. The Bertz CT molecular complexity index is 1350. The molecule has 2 aromatic rings. The Balaban J connectivity index is 1.85. The summed E-state index contributed by atoms with van der Waals surface area (Å²) in [5, 5.41) is 0. The maximum atomic E-state index is 14.9. The van der Waals surface area contributed by atoms with Gasteiger partial charge in [-0.15, -0.1) is 0 Å². The summed E-state index contributed by atoms with van der Waals surface area (Å²) in [6.45, 7) is 6.17. The molecule has 0 spiro atoms. The summed E-state index contributed by atoms with van der Waals surface area (Å²) in [6, 6.07) is 5.78. The number of esters is 2. The van der Waals surface area contributed by atoms with Crippen LogP contribution in [0.2, 0.25) is 0 Å². The molecule has 0 saturated carbocycles. The van der Waals surface area contributed by atoms with Crippen LogP contribution in [-0.2, 0) is 23.8 Å². The number of unbranched alkanes of at least 4 members (excludes halogenated alkanes) is 4. The number of benzene rings is 1. The summed E-state index contributed by atoms with van der Waals surface area (Å²) >= 11 is 0. The number of ether oxygens (including phenoxy) is 4. The Hall–Kier alpha value is -3.80. The van der Waals surface area contributed by atoms with E-state index in [1.807, 2.05) is 20.8 Å². The van der Waals surface area contributed by atoms with E-state index < -0.39 is 53.3 Å². The summed E-state index contributed by atoms with van der Waals surface area (Å²) in [5.41, 5.74) is -2.57. The molecule has 0 aliphatic carbocycles. The second-order valence-corrected chi connectivity index (χ2v) is 10.5. The van der Waals surface area contributed by atoms with Gasteiger partial charge in [0.25, 0.3) is 11.5 Å². The van der Waals surface area contributed by atoms with E-state index in [0.717, 1.165) is 36.7 Å². The van der Waals surface area contributed by atoms with Crippen molar-refractivity contribution < 1.29 is 37.7 Å². The van der Waals surface area contributed by atoms with Gasteiger partial charge in [0.1, 0.15) is 30.8 Å². The Morgan fingerprint density at radius 3 is 2.21 bits per heavy atom. The van der Waals surface area contributed by atoms with Crippen LogP contribution < -0.4 is 16.0 Å². The van der Waals surface area contributed by atoms with Crippen LogP contribution in [0, 0.1) is 5.82 Å². The van der Waals surface area contributed by atoms with E-state index in [4.69, 9.17) is 18.9 Å². The van der Waals surface area contributed by atoms with E-state index in [9.17, 15) is 28.4 Å². The van der Waals surface area contributed by atoms with Gasteiger partial charge in [-0.1, -0.05) is 46.5 Å². The first kappa shape index (κ1) is 33.7. The fourth-order valence-electron chi connectivity index (χ4n) is 4.63. The van der Waals surface area contributed by atoms with Gasteiger partial charge in [-0.25, -0.2) is 4.79 Å². The zero-order valence-electron chi connectivity index (χ0n) is 25.1. The van der Waals surface area contributed by atoms with Crippen LogP contribution in [0.15, 0.2) is 40.1 Å². The SMILES string of the molecule is CCCCCC(=O)OC[C@H]1O[C@@H](n2cc(F)c(=O)n(C(=O)c3ccc(OCCC)cc3)c2=O)C[C@@H]1OC(=O)CCCCC. The van der Waals surface area contributed by atoms with Crippen molar-refractivity contribution in [2.45, 2.75) is 103 Å². The number of carbonyl (C=O) groups is 3. The van der Waals surface area contributed by atoms with E-state index >= 15 is 0 Å². The largest absolute Gasteiger partial charge is 0.494 e. The quantitative estimate of drug-likeness (QED) is 0.200. The normalized spacial score (nSPS) is 17.9. The molecule has 1 fully saturated rings. The average Bonchev–Trinajstić information content (AvgIpc) is 3.39. The molecule has 1 aliphatic heterocycles. The van der Waals surface area contributed by atoms with Crippen LogP contribution in [0.25, 0.3) is 0 Å². The Kier molecular flexibility index (Phi) is 13.1. The highest BCUT2D eigenvalue weighted by Crippen LogP contribution is 2.31. The van der Waals surface area contributed by atoms with Gasteiger partial charge < -0.3 is 18.9 Å². The van der Waals surface area contributed by atoms with Crippen molar-refractivity contribution >= 4 is 17.8 Å². The number of rotatable bonds is 16. The van der Waals surface area contributed by atoms with Gasteiger partial charge in [0.15, 0.2) is 0 Å². The molecule has 2 heterocycles. The number of hydrogen-bond donors (Lipinski definition) is 0. The molecule has 0 radical (unpaired) electrons. The van der Waals surface area contributed by atoms with E-state index in [2.05, 4.69) is 0 Å². The predicted molar refractivity (Wildman–Crippen MR) is 155 cm³/mol. The molecule has 3 rings (SSSR count). The molecule has 43 heavy (non-hydrogen) atoms. The van der Waals surface area contributed by atoms with Gasteiger partial charge in [-0.2, -0.15) is 8.96 Å². The number of aromatic nitrogens is 2. The highest BCUT2D eigenvalue weighted by Gasteiger charge is 2.41. The first-order valence-electron chi connectivity index (χ1n) is 15.0. The fourth-order valence-corrected chi connectivity index (χ4v) is 4.63. The topological polar surface area (TPSA) is 132 Å². The van der Waals surface area contributed by atoms with Crippen LogP contribution in [0.3, 0.4) is 0 Å². The van der Waals surface area contributed by atoms with Crippen LogP contribution in [0.1, 0.15) is 102 Å². The number of halogens is 1. The van der Waals surface area contributed by atoms with Crippen molar-refractivity contribution in [1.82, 2.24) is 9.13 Å². The van der Waals surface area contributed by atoms with Gasteiger partial charge in [0.2, 0.25) is 5.82 Å². The van der Waals surface area contributed by atoms with Gasteiger partial charge in [0.05, 0.1) is 12.8 Å². The number of nitrogens with zero attached hydrogens (tertiary/aromatic N) is 2. The molecule has 1 aliphatic rings. The molecule has 0 unspecified atom stereocenters. The van der Waals surface area contributed by atoms with Crippen LogP contribution in [0.5, 0.6) is 5.75 Å². The van der Waals surface area contributed by atoms with Crippen molar-refractivity contribution in [2.24, 2.45) is 0 Å². The molecular formula is C31H41FN2O9.